The molecular formula is C25H27N5O3. The van der Waals surface area contributed by atoms with Crippen molar-refractivity contribution in [2.24, 2.45) is 0 Å². The van der Waals surface area contributed by atoms with E-state index in [1.165, 1.54) is 4.90 Å². The third-order valence-electron chi connectivity index (χ3n) is 6.66. The van der Waals surface area contributed by atoms with Crippen LogP contribution in [0.5, 0.6) is 0 Å². The lowest BCUT2D eigenvalue weighted by Crippen LogP contribution is -2.44. The van der Waals surface area contributed by atoms with Gasteiger partial charge in [0.1, 0.15) is 5.54 Å². The van der Waals surface area contributed by atoms with Crippen LogP contribution in [0.1, 0.15) is 43.2 Å². The molecule has 2 heterocycles. The molecule has 2 aliphatic rings. The van der Waals surface area contributed by atoms with Gasteiger partial charge in [0.2, 0.25) is 5.91 Å². The van der Waals surface area contributed by atoms with Crippen LogP contribution in [0.25, 0.3) is 11.0 Å². The van der Waals surface area contributed by atoms with Crippen LogP contribution in [0, 0.1) is 0 Å². The number of fused-ring (bicyclic) bond motifs is 1. The van der Waals surface area contributed by atoms with Gasteiger partial charge in [-0.25, -0.2) is 9.78 Å². The van der Waals surface area contributed by atoms with Gasteiger partial charge in [0.05, 0.1) is 17.4 Å². The summed E-state index contributed by atoms with van der Waals surface area (Å²) in [5.41, 5.74) is 3.48. The van der Waals surface area contributed by atoms with E-state index in [1.807, 2.05) is 48.8 Å². The first kappa shape index (κ1) is 21.2. The second-order valence-corrected chi connectivity index (χ2v) is 8.88. The third kappa shape index (κ3) is 4.20. The molecule has 2 fully saturated rings. The van der Waals surface area contributed by atoms with E-state index in [2.05, 4.69) is 26.3 Å². The van der Waals surface area contributed by atoms with Crippen molar-refractivity contribution in [1.29, 1.82) is 0 Å². The summed E-state index contributed by atoms with van der Waals surface area (Å²) in [5, 5.41) is 5.72. The van der Waals surface area contributed by atoms with Crippen LogP contribution in [0.2, 0.25) is 0 Å². The van der Waals surface area contributed by atoms with Gasteiger partial charge in [-0.2, -0.15) is 0 Å². The lowest BCUT2D eigenvalue weighted by atomic mass is 9.98. The Kier molecular flexibility index (Phi) is 5.58. The van der Waals surface area contributed by atoms with Crippen molar-refractivity contribution >= 4 is 28.9 Å². The van der Waals surface area contributed by atoms with Crippen LogP contribution < -0.4 is 10.6 Å². The molecular weight excluding hydrogens is 418 g/mol. The summed E-state index contributed by atoms with van der Waals surface area (Å²) in [6.07, 6.45) is 5.20. The topological polar surface area (TPSA) is 96.3 Å². The maximum absolute atomic E-state index is 12.7. The number of hydrogen-bond acceptors (Lipinski definition) is 4. The number of aromatic nitrogens is 2. The fraction of sp³-hybridized carbons (Fsp3) is 0.360. The fourth-order valence-electron chi connectivity index (χ4n) is 4.79. The van der Waals surface area contributed by atoms with Gasteiger partial charge in [-0.1, -0.05) is 49.2 Å². The number of benzene rings is 2. The van der Waals surface area contributed by atoms with E-state index < -0.39 is 5.54 Å². The average Bonchev–Trinajstić information content (AvgIpc) is 3.52. The van der Waals surface area contributed by atoms with Crippen LogP contribution >= 0.6 is 0 Å². The number of hydrogen-bond donors (Lipinski definition) is 2. The number of rotatable bonds is 7. The quantitative estimate of drug-likeness (QED) is 0.547. The first-order valence-corrected chi connectivity index (χ1v) is 11.4. The molecule has 5 rings (SSSR count). The summed E-state index contributed by atoms with van der Waals surface area (Å²) < 4.78 is 2.11. The summed E-state index contributed by atoms with van der Waals surface area (Å²) in [7, 11) is 0. The zero-order valence-corrected chi connectivity index (χ0v) is 18.4. The van der Waals surface area contributed by atoms with Gasteiger partial charge >= 0.3 is 6.03 Å². The standard InChI is InChI=1S/C25H27N5O3/c31-22(11-14-30-23(32)25(28-24(30)33)12-3-4-13-25)26-15-18-7-9-19(10-8-18)16-29-17-27-20-5-1-2-6-21(20)29/h1-2,5-10,17H,3-4,11-16H2,(H,26,31)(H,28,33). The minimum Gasteiger partial charge on any atom is -0.352 e. The smallest absolute Gasteiger partial charge is 0.325 e. The highest BCUT2D eigenvalue weighted by Gasteiger charge is 2.52. The maximum atomic E-state index is 12.7. The zero-order chi connectivity index (χ0) is 22.8. The van der Waals surface area contributed by atoms with Gasteiger partial charge in [-0.3, -0.25) is 14.5 Å². The monoisotopic (exact) mass is 445 g/mol. The van der Waals surface area contributed by atoms with Crippen LogP contribution in [-0.4, -0.2) is 44.4 Å². The minimum atomic E-state index is -0.724. The van der Waals surface area contributed by atoms with Gasteiger partial charge < -0.3 is 15.2 Å². The third-order valence-corrected chi connectivity index (χ3v) is 6.66. The second-order valence-electron chi connectivity index (χ2n) is 8.88. The Balaban J connectivity index is 1.11. The number of carbonyl (C=O) groups is 3. The normalized spacial score (nSPS) is 17.2. The second kappa shape index (κ2) is 8.69. The number of amides is 4. The number of imide groups is 1. The summed E-state index contributed by atoms with van der Waals surface area (Å²) in [4.78, 5) is 42.8. The van der Waals surface area contributed by atoms with Crippen molar-refractivity contribution in [2.45, 2.75) is 50.7 Å². The molecule has 0 radical (unpaired) electrons. The largest absolute Gasteiger partial charge is 0.352 e. The predicted octanol–water partition coefficient (Wildman–Crippen LogP) is 2.96. The van der Waals surface area contributed by atoms with Gasteiger partial charge in [-0.05, 0) is 36.1 Å². The van der Waals surface area contributed by atoms with E-state index in [-0.39, 0.29) is 30.8 Å². The molecule has 8 nitrogen and oxygen atoms in total. The molecule has 0 bridgehead atoms. The number of para-hydroxylation sites is 2. The highest BCUT2D eigenvalue weighted by atomic mass is 16.2. The highest BCUT2D eigenvalue weighted by molar-refractivity contribution is 6.07. The summed E-state index contributed by atoms with van der Waals surface area (Å²) in [6, 6.07) is 15.7. The number of carbonyl (C=O) groups excluding carboxylic acids is 3. The van der Waals surface area contributed by atoms with Crippen molar-refractivity contribution in [2.75, 3.05) is 6.54 Å². The molecule has 4 amide bonds. The van der Waals surface area contributed by atoms with E-state index in [0.29, 0.717) is 19.4 Å². The lowest BCUT2D eigenvalue weighted by Gasteiger charge is -2.19. The zero-order valence-electron chi connectivity index (χ0n) is 18.4. The van der Waals surface area contributed by atoms with Gasteiger partial charge in [0.25, 0.3) is 5.91 Å². The van der Waals surface area contributed by atoms with Gasteiger partial charge in [-0.15, -0.1) is 0 Å². The van der Waals surface area contributed by atoms with Crippen molar-refractivity contribution in [1.82, 2.24) is 25.1 Å². The Labute approximate surface area is 192 Å². The summed E-state index contributed by atoms with van der Waals surface area (Å²) in [6.45, 7) is 1.23. The molecule has 2 aromatic carbocycles. The maximum Gasteiger partial charge on any atom is 0.325 e. The molecule has 1 saturated carbocycles. The van der Waals surface area contributed by atoms with Crippen molar-refractivity contribution in [3.8, 4) is 0 Å². The van der Waals surface area contributed by atoms with Crippen LogP contribution in [0.3, 0.4) is 0 Å². The van der Waals surface area contributed by atoms with Crippen LogP contribution in [0.15, 0.2) is 54.9 Å². The summed E-state index contributed by atoms with van der Waals surface area (Å²) in [5.74, 6) is -0.365. The summed E-state index contributed by atoms with van der Waals surface area (Å²) >= 11 is 0. The Morgan fingerprint density at radius 1 is 1.03 bits per heavy atom. The van der Waals surface area contributed by atoms with E-state index in [0.717, 1.165) is 41.5 Å². The first-order valence-electron chi connectivity index (χ1n) is 11.4. The van der Waals surface area contributed by atoms with Crippen molar-refractivity contribution < 1.29 is 14.4 Å². The van der Waals surface area contributed by atoms with Crippen molar-refractivity contribution in [3.05, 3.63) is 66.0 Å². The van der Waals surface area contributed by atoms with Crippen molar-refractivity contribution in [3.63, 3.8) is 0 Å². The van der Waals surface area contributed by atoms with Crippen LogP contribution in [0.4, 0.5) is 4.79 Å². The molecule has 1 spiro atoms. The van der Waals surface area contributed by atoms with Crippen LogP contribution in [-0.2, 0) is 22.7 Å². The number of nitrogens with zero attached hydrogens (tertiary/aromatic N) is 3. The molecule has 33 heavy (non-hydrogen) atoms. The molecule has 0 unspecified atom stereocenters. The molecule has 0 atom stereocenters. The molecule has 1 aromatic heterocycles. The van der Waals surface area contributed by atoms with Gasteiger partial charge in [0, 0.05) is 26.1 Å². The van der Waals surface area contributed by atoms with E-state index in [9.17, 15) is 14.4 Å². The molecule has 3 aromatic rings. The Bertz CT molecular complexity index is 1190. The molecule has 170 valence electrons. The molecule has 1 saturated heterocycles. The van der Waals surface area contributed by atoms with E-state index in [1.54, 1.807) is 0 Å². The highest BCUT2D eigenvalue weighted by Crippen LogP contribution is 2.35. The predicted molar refractivity (Wildman–Crippen MR) is 123 cm³/mol. The number of nitrogens with one attached hydrogen (secondary N) is 2. The Morgan fingerprint density at radius 3 is 2.55 bits per heavy atom. The molecule has 1 aliphatic carbocycles. The molecule has 2 N–H and O–H groups in total. The number of urea groups is 1. The lowest BCUT2D eigenvalue weighted by molar-refractivity contribution is -0.131. The Morgan fingerprint density at radius 2 is 1.76 bits per heavy atom. The SMILES string of the molecule is O=C(CCN1C(=O)NC2(CCCC2)C1=O)NCc1ccc(Cn2cnc3ccccc32)cc1. The Hall–Kier alpha value is -3.68. The minimum absolute atomic E-state index is 0.0982. The van der Waals surface area contributed by atoms with E-state index >= 15 is 0 Å². The number of imidazole rings is 1. The molecule has 1 aliphatic heterocycles. The van der Waals surface area contributed by atoms with E-state index in [4.69, 9.17) is 0 Å². The first-order chi connectivity index (χ1) is 16.0. The average molecular weight is 446 g/mol. The molecule has 8 heteroatoms. The fourth-order valence-corrected chi connectivity index (χ4v) is 4.79. The van der Waals surface area contributed by atoms with Gasteiger partial charge in [0.15, 0.2) is 0 Å².